The molecule has 0 saturated carbocycles. The summed E-state index contributed by atoms with van der Waals surface area (Å²) in [5, 5.41) is 5.45. The molecule has 0 aliphatic carbocycles. The highest BCUT2D eigenvalue weighted by atomic mass is 35.5. The summed E-state index contributed by atoms with van der Waals surface area (Å²) in [6.07, 6.45) is 0. The molecule has 0 aliphatic rings. The fourth-order valence-electron chi connectivity index (χ4n) is 2.55. The zero-order valence-electron chi connectivity index (χ0n) is 11.4. The molecule has 0 bridgehead atoms. The van der Waals surface area contributed by atoms with Gasteiger partial charge in [0, 0.05) is 24.3 Å². The van der Waals surface area contributed by atoms with Gasteiger partial charge in [-0.1, -0.05) is 41.9 Å². The average Bonchev–Trinajstić information content (AvgIpc) is 2.77. The summed E-state index contributed by atoms with van der Waals surface area (Å²) in [5.41, 5.74) is 3.56. The summed E-state index contributed by atoms with van der Waals surface area (Å²) in [6.45, 7) is 3.92. The van der Waals surface area contributed by atoms with Crippen LogP contribution in [0.25, 0.3) is 10.9 Å². The van der Waals surface area contributed by atoms with Crippen molar-refractivity contribution in [1.29, 1.82) is 0 Å². The third-order valence-corrected chi connectivity index (χ3v) is 3.87. The first kappa shape index (κ1) is 13.1. The maximum absolute atomic E-state index is 6.14. The molecule has 2 nitrogen and oxygen atoms in total. The van der Waals surface area contributed by atoms with Gasteiger partial charge < -0.3 is 9.88 Å². The summed E-state index contributed by atoms with van der Waals surface area (Å²) in [6, 6.07) is 18.5. The Hall–Kier alpha value is -1.93. The number of aromatic nitrogens is 1. The number of benzene rings is 2. The fraction of sp³-hybridized carbons (Fsp3) is 0.176. The molecule has 0 saturated heterocycles. The highest BCUT2D eigenvalue weighted by molar-refractivity contribution is 6.33. The summed E-state index contributed by atoms with van der Waals surface area (Å²) in [4.78, 5) is 0. The van der Waals surface area contributed by atoms with Crippen molar-refractivity contribution in [3.8, 4) is 0 Å². The highest BCUT2D eigenvalue weighted by Gasteiger charge is 2.04. The molecule has 1 N–H and O–H groups in total. The standard InChI is InChI=1S/C17H17ClN2/c1-13-12-14-6-2-5-9-17(14)20(13)11-10-19-16-8-4-3-7-15(16)18/h2-9,12,19H,10-11H2,1H3. The van der Waals surface area contributed by atoms with Crippen LogP contribution in [-0.2, 0) is 6.54 Å². The molecule has 0 spiro atoms. The molecule has 1 heterocycles. The second kappa shape index (κ2) is 5.59. The Morgan fingerprint density at radius 3 is 2.65 bits per heavy atom. The molecule has 1 aromatic heterocycles. The molecule has 0 amide bonds. The third-order valence-electron chi connectivity index (χ3n) is 3.54. The second-order valence-corrected chi connectivity index (χ2v) is 5.31. The van der Waals surface area contributed by atoms with Gasteiger partial charge in [0.2, 0.25) is 0 Å². The van der Waals surface area contributed by atoms with Crippen molar-refractivity contribution >= 4 is 28.2 Å². The summed E-state index contributed by atoms with van der Waals surface area (Å²) in [7, 11) is 0. The van der Waals surface area contributed by atoms with Crippen molar-refractivity contribution in [2.75, 3.05) is 11.9 Å². The van der Waals surface area contributed by atoms with E-state index in [9.17, 15) is 0 Å². The minimum atomic E-state index is 0.765. The largest absolute Gasteiger partial charge is 0.382 e. The van der Waals surface area contributed by atoms with Gasteiger partial charge in [0.1, 0.15) is 0 Å². The van der Waals surface area contributed by atoms with E-state index in [1.165, 1.54) is 16.6 Å². The number of hydrogen-bond donors (Lipinski definition) is 1. The van der Waals surface area contributed by atoms with Crippen molar-refractivity contribution < 1.29 is 0 Å². The van der Waals surface area contributed by atoms with E-state index in [-0.39, 0.29) is 0 Å². The topological polar surface area (TPSA) is 17.0 Å². The smallest absolute Gasteiger partial charge is 0.0637 e. The van der Waals surface area contributed by atoms with Crippen LogP contribution in [0.3, 0.4) is 0 Å². The number of anilines is 1. The van der Waals surface area contributed by atoms with Gasteiger partial charge in [0.25, 0.3) is 0 Å². The van der Waals surface area contributed by atoms with E-state index < -0.39 is 0 Å². The predicted molar refractivity (Wildman–Crippen MR) is 86.6 cm³/mol. The lowest BCUT2D eigenvalue weighted by Gasteiger charge is -2.11. The molecule has 3 rings (SSSR count). The molecular formula is C17H17ClN2. The third kappa shape index (κ3) is 2.52. The van der Waals surface area contributed by atoms with Crippen LogP contribution in [0, 0.1) is 6.92 Å². The van der Waals surface area contributed by atoms with Crippen molar-refractivity contribution in [3.05, 3.63) is 65.3 Å². The molecule has 0 atom stereocenters. The lowest BCUT2D eigenvalue weighted by molar-refractivity contribution is 0.735. The number of fused-ring (bicyclic) bond motifs is 1. The number of aryl methyl sites for hydroxylation is 1. The molecule has 3 heteroatoms. The highest BCUT2D eigenvalue weighted by Crippen LogP contribution is 2.21. The molecule has 0 unspecified atom stereocenters. The first-order valence-corrected chi connectivity index (χ1v) is 7.17. The molecule has 0 aliphatic heterocycles. The molecule has 0 fully saturated rings. The Kier molecular flexibility index (Phi) is 3.66. The molecule has 0 radical (unpaired) electrons. The molecule has 20 heavy (non-hydrogen) atoms. The van der Waals surface area contributed by atoms with Crippen molar-refractivity contribution in [1.82, 2.24) is 4.57 Å². The Morgan fingerprint density at radius 2 is 1.80 bits per heavy atom. The fourth-order valence-corrected chi connectivity index (χ4v) is 2.75. The van der Waals surface area contributed by atoms with E-state index in [1.807, 2.05) is 24.3 Å². The van der Waals surface area contributed by atoms with E-state index in [1.54, 1.807) is 0 Å². The van der Waals surface area contributed by atoms with Gasteiger partial charge in [0.05, 0.1) is 10.7 Å². The van der Waals surface area contributed by atoms with Gasteiger partial charge in [-0.2, -0.15) is 0 Å². The zero-order valence-corrected chi connectivity index (χ0v) is 12.2. The first-order valence-electron chi connectivity index (χ1n) is 6.79. The Balaban J connectivity index is 1.74. The normalized spacial score (nSPS) is 10.9. The van der Waals surface area contributed by atoms with Crippen molar-refractivity contribution in [3.63, 3.8) is 0 Å². The number of rotatable bonds is 4. The first-order chi connectivity index (χ1) is 9.75. The van der Waals surface area contributed by atoms with Crippen molar-refractivity contribution in [2.45, 2.75) is 13.5 Å². The van der Waals surface area contributed by atoms with Gasteiger partial charge in [-0.05, 0) is 36.6 Å². The van der Waals surface area contributed by atoms with Gasteiger partial charge in [-0.25, -0.2) is 0 Å². The maximum Gasteiger partial charge on any atom is 0.0637 e. The Labute approximate surface area is 124 Å². The molecule has 2 aromatic carbocycles. The van der Waals surface area contributed by atoms with Crippen LogP contribution in [0.15, 0.2) is 54.6 Å². The number of nitrogens with one attached hydrogen (secondary N) is 1. The van der Waals surface area contributed by atoms with E-state index in [0.29, 0.717) is 0 Å². The summed E-state index contributed by atoms with van der Waals surface area (Å²) >= 11 is 6.14. The molecule has 3 aromatic rings. The van der Waals surface area contributed by atoms with Crippen LogP contribution < -0.4 is 5.32 Å². The van der Waals surface area contributed by atoms with E-state index in [2.05, 4.69) is 47.1 Å². The van der Waals surface area contributed by atoms with Gasteiger partial charge in [0.15, 0.2) is 0 Å². The van der Waals surface area contributed by atoms with Gasteiger partial charge in [-0.15, -0.1) is 0 Å². The number of halogens is 1. The summed E-state index contributed by atoms with van der Waals surface area (Å²) < 4.78 is 2.33. The van der Waals surface area contributed by atoms with Crippen LogP contribution in [0.1, 0.15) is 5.69 Å². The van der Waals surface area contributed by atoms with Crippen molar-refractivity contribution in [2.24, 2.45) is 0 Å². The monoisotopic (exact) mass is 284 g/mol. The lowest BCUT2D eigenvalue weighted by atomic mass is 10.2. The summed E-state index contributed by atoms with van der Waals surface area (Å²) in [5.74, 6) is 0. The predicted octanol–water partition coefficient (Wildman–Crippen LogP) is 4.72. The lowest BCUT2D eigenvalue weighted by Crippen LogP contribution is -2.11. The van der Waals surface area contributed by atoms with Crippen LogP contribution in [0.2, 0.25) is 5.02 Å². The van der Waals surface area contributed by atoms with Crippen LogP contribution in [0.5, 0.6) is 0 Å². The van der Waals surface area contributed by atoms with E-state index in [0.717, 1.165) is 23.8 Å². The van der Waals surface area contributed by atoms with Crippen LogP contribution >= 0.6 is 11.6 Å². The maximum atomic E-state index is 6.14. The second-order valence-electron chi connectivity index (χ2n) is 4.90. The number of nitrogens with zero attached hydrogens (tertiary/aromatic N) is 1. The average molecular weight is 285 g/mol. The van der Waals surface area contributed by atoms with Gasteiger partial charge in [-0.3, -0.25) is 0 Å². The number of para-hydroxylation sites is 2. The zero-order chi connectivity index (χ0) is 13.9. The minimum Gasteiger partial charge on any atom is -0.382 e. The van der Waals surface area contributed by atoms with E-state index in [4.69, 9.17) is 11.6 Å². The van der Waals surface area contributed by atoms with Crippen LogP contribution in [-0.4, -0.2) is 11.1 Å². The van der Waals surface area contributed by atoms with E-state index >= 15 is 0 Å². The quantitative estimate of drug-likeness (QED) is 0.734. The molecular weight excluding hydrogens is 268 g/mol. The number of hydrogen-bond acceptors (Lipinski definition) is 1. The Bertz CT molecular complexity index is 731. The van der Waals surface area contributed by atoms with Crippen LogP contribution in [0.4, 0.5) is 5.69 Å². The SMILES string of the molecule is Cc1cc2ccccc2n1CCNc1ccccc1Cl. The minimum absolute atomic E-state index is 0.765. The Morgan fingerprint density at radius 1 is 1.05 bits per heavy atom. The molecule has 102 valence electrons. The van der Waals surface area contributed by atoms with Gasteiger partial charge >= 0.3 is 0 Å².